The van der Waals surface area contributed by atoms with E-state index in [1.165, 1.54) is 0 Å². The van der Waals surface area contributed by atoms with Gasteiger partial charge in [0, 0.05) is 12.1 Å². The predicted octanol–water partition coefficient (Wildman–Crippen LogP) is 2.44. The average molecular weight is 341 g/mol. The lowest BCUT2D eigenvalue weighted by atomic mass is 10.1. The van der Waals surface area contributed by atoms with Crippen molar-refractivity contribution in [1.82, 2.24) is 9.97 Å². The van der Waals surface area contributed by atoms with Crippen LogP contribution in [0.15, 0.2) is 41.2 Å². The summed E-state index contributed by atoms with van der Waals surface area (Å²) in [5.74, 6) is 1.19. The Labute approximate surface area is 144 Å². The number of aryl methyl sites for hydroxylation is 1. The van der Waals surface area contributed by atoms with Gasteiger partial charge in [-0.15, -0.1) is 0 Å². The van der Waals surface area contributed by atoms with Crippen LogP contribution >= 0.6 is 0 Å². The standard InChI is InChI=1S/C18H19N3O4/c1-24-15-7-3-11(9-16(15)25-2)4-8-17(22)19-12-5-6-13-14(10-12)21-18(23)20-13/h3,5-7,9-10H,4,8H2,1-2H3,(H,19,22)(H2,20,21,23). The van der Waals surface area contributed by atoms with Crippen LogP contribution in [0.1, 0.15) is 12.0 Å². The minimum absolute atomic E-state index is 0.105. The van der Waals surface area contributed by atoms with Crippen molar-refractivity contribution in [3.05, 3.63) is 52.4 Å². The molecule has 3 N–H and O–H groups in total. The molecule has 3 rings (SSSR count). The van der Waals surface area contributed by atoms with Crippen LogP contribution in [0.25, 0.3) is 11.0 Å². The van der Waals surface area contributed by atoms with Crippen molar-refractivity contribution in [3.63, 3.8) is 0 Å². The van der Waals surface area contributed by atoms with Gasteiger partial charge in [0.25, 0.3) is 0 Å². The van der Waals surface area contributed by atoms with Crippen LogP contribution in [0.3, 0.4) is 0 Å². The van der Waals surface area contributed by atoms with Crippen LogP contribution in [-0.2, 0) is 11.2 Å². The number of carbonyl (C=O) groups is 1. The van der Waals surface area contributed by atoms with Gasteiger partial charge in [-0.05, 0) is 42.3 Å². The number of methoxy groups -OCH3 is 2. The van der Waals surface area contributed by atoms with E-state index in [1.807, 2.05) is 18.2 Å². The summed E-state index contributed by atoms with van der Waals surface area (Å²) in [5, 5.41) is 2.83. The van der Waals surface area contributed by atoms with Crippen molar-refractivity contribution in [2.24, 2.45) is 0 Å². The van der Waals surface area contributed by atoms with E-state index in [4.69, 9.17) is 9.47 Å². The van der Waals surface area contributed by atoms with Crippen molar-refractivity contribution in [2.75, 3.05) is 19.5 Å². The Balaban J connectivity index is 1.63. The molecule has 0 atom stereocenters. The van der Waals surface area contributed by atoms with Crippen molar-refractivity contribution in [3.8, 4) is 11.5 Å². The van der Waals surface area contributed by atoms with E-state index in [0.29, 0.717) is 41.1 Å². The topological polar surface area (TPSA) is 96.2 Å². The number of nitrogens with one attached hydrogen (secondary N) is 3. The quantitative estimate of drug-likeness (QED) is 0.641. The number of aromatic amines is 2. The molecule has 25 heavy (non-hydrogen) atoms. The second-order valence-corrected chi connectivity index (χ2v) is 5.58. The molecule has 1 heterocycles. The molecule has 0 aliphatic carbocycles. The Morgan fingerprint density at radius 1 is 1.00 bits per heavy atom. The van der Waals surface area contributed by atoms with Gasteiger partial charge >= 0.3 is 5.69 Å². The number of carbonyl (C=O) groups excluding carboxylic acids is 1. The SMILES string of the molecule is COc1ccc(CCC(=O)Nc2ccc3[nH]c(=O)[nH]c3c2)cc1OC. The number of amides is 1. The number of hydrogen-bond donors (Lipinski definition) is 3. The number of ether oxygens (including phenoxy) is 2. The Hall–Kier alpha value is -3.22. The molecule has 2 aromatic carbocycles. The lowest BCUT2D eigenvalue weighted by molar-refractivity contribution is -0.116. The molecule has 0 unspecified atom stereocenters. The molecule has 1 aromatic heterocycles. The zero-order valence-corrected chi connectivity index (χ0v) is 14.0. The van der Waals surface area contributed by atoms with E-state index in [9.17, 15) is 9.59 Å². The molecule has 7 nitrogen and oxygen atoms in total. The molecule has 0 radical (unpaired) electrons. The second kappa shape index (κ2) is 7.12. The average Bonchev–Trinajstić information content (AvgIpc) is 2.99. The molecule has 0 saturated carbocycles. The van der Waals surface area contributed by atoms with Gasteiger partial charge in [0.1, 0.15) is 0 Å². The molecule has 130 valence electrons. The number of rotatable bonds is 6. The molecule has 0 fully saturated rings. The first-order valence-electron chi connectivity index (χ1n) is 7.82. The van der Waals surface area contributed by atoms with Gasteiger partial charge < -0.3 is 24.8 Å². The fourth-order valence-electron chi connectivity index (χ4n) is 2.63. The van der Waals surface area contributed by atoms with Crippen LogP contribution in [-0.4, -0.2) is 30.1 Å². The second-order valence-electron chi connectivity index (χ2n) is 5.58. The molecule has 0 aliphatic heterocycles. The summed E-state index contributed by atoms with van der Waals surface area (Å²) in [6.45, 7) is 0. The number of aromatic nitrogens is 2. The fraction of sp³-hybridized carbons (Fsp3) is 0.222. The van der Waals surface area contributed by atoms with E-state index < -0.39 is 0 Å². The maximum atomic E-state index is 12.2. The van der Waals surface area contributed by atoms with E-state index in [2.05, 4.69) is 15.3 Å². The third-order valence-corrected chi connectivity index (χ3v) is 3.89. The summed E-state index contributed by atoms with van der Waals surface area (Å²) in [7, 11) is 3.16. The number of hydrogen-bond acceptors (Lipinski definition) is 4. The van der Waals surface area contributed by atoms with Crippen molar-refractivity contribution in [1.29, 1.82) is 0 Å². The third-order valence-electron chi connectivity index (χ3n) is 3.89. The highest BCUT2D eigenvalue weighted by molar-refractivity contribution is 5.93. The molecule has 0 saturated heterocycles. The molecule has 3 aromatic rings. The highest BCUT2D eigenvalue weighted by Gasteiger charge is 2.08. The first kappa shape index (κ1) is 16.6. The largest absolute Gasteiger partial charge is 0.493 e. The van der Waals surface area contributed by atoms with Gasteiger partial charge in [-0.1, -0.05) is 6.07 Å². The molecular formula is C18H19N3O4. The van der Waals surface area contributed by atoms with Crippen LogP contribution in [0.5, 0.6) is 11.5 Å². The summed E-state index contributed by atoms with van der Waals surface area (Å²) >= 11 is 0. The lowest BCUT2D eigenvalue weighted by Crippen LogP contribution is -2.12. The Kier molecular flexibility index (Phi) is 4.74. The summed E-state index contributed by atoms with van der Waals surface area (Å²) in [4.78, 5) is 28.7. The maximum absolute atomic E-state index is 12.2. The van der Waals surface area contributed by atoms with Crippen LogP contribution in [0.2, 0.25) is 0 Å². The van der Waals surface area contributed by atoms with Crippen molar-refractivity contribution < 1.29 is 14.3 Å². The molecule has 0 spiro atoms. The molecule has 0 bridgehead atoms. The lowest BCUT2D eigenvalue weighted by Gasteiger charge is -2.10. The number of benzene rings is 2. The Morgan fingerprint density at radius 3 is 2.52 bits per heavy atom. The van der Waals surface area contributed by atoms with Gasteiger partial charge in [-0.3, -0.25) is 4.79 Å². The monoisotopic (exact) mass is 341 g/mol. The predicted molar refractivity (Wildman–Crippen MR) is 95.4 cm³/mol. The Bertz CT molecular complexity index is 958. The third kappa shape index (κ3) is 3.82. The first-order valence-corrected chi connectivity index (χ1v) is 7.82. The van der Waals surface area contributed by atoms with E-state index in [-0.39, 0.29) is 11.6 Å². The zero-order valence-electron chi connectivity index (χ0n) is 14.0. The molecule has 1 amide bonds. The van der Waals surface area contributed by atoms with Gasteiger partial charge in [-0.2, -0.15) is 0 Å². The number of anilines is 1. The Morgan fingerprint density at radius 2 is 1.76 bits per heavy atom. The van der Waals surface area contributed by atoms with Gasteiger partial charge in [0.2, 0.25) is 5.91 Å². The number of H-pyrrole nitrogens is 2. The number of fused-ring (bicyclic) bond motifs is 1. The van der Waals surface area contributed by atoms with Crippen molar-refractivity contribution >= 4 is 22.6 Å². The minimum Gasteiger partial charge on any atom is -0.493 e. The first-order chi connectivity index (χ1) is 12.1. The smallest absolute Gasteiger partial charge is 0.323 e. The van der Waals surface area contributed by atoms with Crippen LogP contribution in [0, 0.1) is 0 Å². The summed E-state index contributed by atoms with van der Waals surface area (Å²) in [6.07, 6.45) is 0.909. The fourth-order valence-corrected chi connectivity index (χ4v) is 2.63. The minimum atomic E-state index is -0.271. The van der Waals surface area contributed by atoms with Crippen LogP contribution in [0.4, 0.5) is 5.69 Å². The number of imidazole rings is 1. The highest BCUT2D eigenvalue weighted by Crippen LogP contribution is 2.28. The van der Waals surface area contributed by atoms with Gasteiger partial charge in [0.15, 0.2) is 11.5 Å². The molecule has 0 aliphatic rings. The molecular weight excluding hydrogens is 322 g/mol. The summed E-state index contributed by atoms with van der Waals surface area (Å²) < 4.78 is 10.5. The highest BCUT2D eigenvalue weighted by atomic mass is 16.5. The van der Waals surface area contributed by atoms with E-state index >= 15 is 0 Å². The summed E-state index contributed by atoms with van der Waals surface area (Å²) in [6, 6.07) is 10.8. The molecule has 7 heteroatoms. The normalized spacial score (nSPS) is 10.6. The maximum Gasteiger partial charge on any atom is 0.323 e. The van der Waals surface area contributed by atoms with Crippen LogP contribution < -0.4 is 20.5 Å². The van der Waals surface area contributed by atoms with Gasteiger partial charge in [0.05, 0.1) is 25.3 Å². The summed E-state index contributed by atoms with van der Waals surface area (Å²) in [5.41, 5.74) is 2.71. The van der Waals surface area contributed by atoms with E-state index in [1.54, 1.807) is 32.4 Å². The zero-order chi connectivity index (χ0) is 17.8. The van der Waals surface area contributed by atoms with Crippen molar-refractivity contribution in [2.45, 2.75) is 12.8 Å². The van der Waals surface area contributed by atoms with Gasteiger partial charge in [-0.25, -0.2) is 4.79 Å². The van der Waals surface area contributed by atoms with E-state index in [0.717, 1.165) is 5.56 Å².